The van der Waals surface area contributed by atoms with Crippen LogP contribution in [-0.2, 0) is 6.42 Å². The first kappa shape index (κ1) is 17.7. The summed E-state index contributed by atoms with van der Waals surface area (Å²) in [4.78, 5) is 23.3. The van der Waals surface area contributed by atoms with E-state index < -0.39 is 0 Å². The first-order chi connectivity index (χ1) is 12.1. The molecule has 2 aromatic rings. The maximum Gasteiger partial charge on any atom is 0.272 e. The van der Waals surface area contributed by atoms with Gasteiger partial charge in [-0.3, -0.25) is 4.79 Å². The average molecular weight is 359 g/mol. The molecular weight excluding hydrogens is 336 g/mol. The first-order valence-electron chi connectivity index (χ1n) is 8.75. The van der Waals surface area contributed by atoms with Crippen LogP contribution in [0.2, 0.25) is 5.02 Å². The molecule has 1 N–H and O–H groups in total. The molecule has 1 aromatic heterocycles. The van der Waals surface area contributed by atoms with E-state index in [4.69, 9.17) is 11.6 Å². The van der Waals surface area contributed by atoms with E-state index >= 15 is 0 Å². The van der Waals surface area contributed by atoms with Crippen LogP contribution in [0.15, 0.2) is 30.3 Å². The van der Waals surface area contributed by atoms with Crippen LogP contribution < -0.4 is 5.32 Å². The number of hydrogen-bond donors (Lipinski definition) is 1. The number of anilines is 1. The SMILES string of the molecule is Cc1cc(C(=O)N2CCCCC2)nc(NCCc2ccc(Cl)cc2)n1. The molecule has 1 aromatic carbocycles. The van der Waals surface area contributed by atoms with Crippen LogP contribution >= 0.6 is 11.6 Å². The Balaban J connectivity index is 1.62. The van der Waals surface area contributed by atoms with Crippen LogP contribution in [0.3, 0.4) is 0 Å². The topological polar surface area (TPSA) is 58.1 Å². The predicted molar refractivity (Wildman–Crippen MR) is 100 cm³/mol. The number of amides is 1. The number of carbonyl (C=O) groups is 1. The standard InChI is InChI=1S/C19H23ClN4O/c1-14-13-17(18(25)24-11-3-2-4-12-24)23-19(22-14)21-10-9-15-5-7-16(20)8-6-15/h5-8,13H,2-4,9-12H2,1H3,(H,21,22,23). The lowest BCUT2D eigenvalue weighted by Gasteiger charge is -2.26. The number of halogens is 1. The van der Waals surface area contributed by atoms with Crippen LogP contribution in [0.5, 0.6) is 0 Å². The summed E-state index contributed by atoms with van der Waals surface area (Å²) in [6.07, 6.45) is 4.18. The van der Waals surface area contributed by atoms with Gasteiger partial charge < -0.3 is 10.2 Å². The van der Waals surface area contributed by atoms with Crippen LogP contribution in [0.25, 0.3) is 0 Å². The summed E-state index contributed by atoms with van der Waals surface area (Å²) < 4.78 is 0. The molecule has 1 amide bonds. The van der Waals surface area contributed by atoms with Crippen LogP contribution in [0.1, 0.15) is 41.0 Å². The largest absolute Gasteiger partial charge is 0.354 e. The van der Waals surface area contributed by atoms with Gasteiger partial charge in [0.05, 0.1) is 0 Å². The fourth-order valence-corrected chi connectivity index (χ4v) is 3.11. The van der Waals surface area contributed by atoms with Gasteiger partial charge >= 0.3 is 0 Å². The zero-order valence-corrected chi connectivity index (χ0v) is 15.2. The molecule has 5 nitrogen and oxygen atoms in total. The molecule has 1 aliphatic rings. The highest BCUT2D eigenvalue weighted by molar-refractivity contribution is 6.30. The molecule has 25 heavy (non-hydrogen) atoms. The van der Waals surface area contributed by atoms with E-state index in [1.165, 1.54) is 12.0 Å². The van der Waals surface area contributed by atoms with Crippen molar-refractivity contribution in [1.82, 2.24) is 14.9 Å². The summed E-state index contributed by atoms with van der Waals surface area (Å²) in [6, 6.07) is 9.55. The summed E-state index contributed by atoms with van der Waals surface area (Å²) in [5, 5.41) is 3.96. The lowest BCUT2D eigenvalue weighted by atomic mass is 10.1. The highest BCUT2D eigenvalue weighted by atomic mass is 35.5. The van der Waals surface area contributed by atoms with Gasteiger partial charge in [0.25, 0.3) is 5.91 Å². The number of benzene rings is 1. The van der Waals surface area contributed by atoms with Crippen molar-refractivity contribution < 1.29 is 4.79 Å². The summed E-state index contributed by atoms with van der Waals surface area (Å²) in [6.45, 7) is 4.23. The molecule has 1 fully saturated rings. The fourth-order valence-electron chi connectivity index (χ4n) is 2.99. The minimum absolute atomic E-state index is 0.00551. The van der Waals surface area contributed by atoms with Crippen molar-refractivity contribution >= 4 is 23.5 Å². The van der Waals surface area contributed by atoms with Gasteiger partial charge in [-0.25, -0.2) is 9.97 Å². The zero-order valence-electron chi connectivity index (χ0n) is 14.5. The van der Waals surface area contributed by atoms with E-state index in [2.05, 4.69) is 15.3 Å². The Hall–Kier alpha value is -2.14. The Bertz CT molecular complexity index is 727. The number of nitrogens with zero attached hydrogens (tertiary/aromatic N) is 3. The highest BCUT2D eigenvalue weighted by Crippen LogP contribution is 2.14. The second kappa shape index (κ2) is 8.30. The molecule has 2 heterocycles. The van der Waals surface area contributed by atoms with Crippen molar-refractivity contribution in [3.05, 3.63) is 52.3 Å². The maximum absolute atomic E-state index is 12.6. The summed E-state index contributed by atoms with van der Waals surface area (Å²) in [5.74, 6) is 0.514. The minimum Gasteiger partial charge on any atom is -0.354 e. The number of likely N-dealkylation sites (tertiary alicyclic amines) is 1. The normalized spacial score (nSPS) is 14.4. The fraction of sp³-hybridized carbons (Fsp3) is 0.421. The molecule has 0 unspecified atom stereocenters. The van der Waals surface area contributed by atoms with Gasteiger partial charge in [-0.1, -0.05) is 23.7 Å². The molecule has 1 aliphatic heterocycles. The third-order valence-corrected chi connectivity index (χ3v) is 4.58. The number of rotatable bonds is 5. The average Bonchev–Trinajstić information content (AvgIpc) is 2.63. The predicted octanol–water partition coefficient (Wildman–Crippen LogP) is 3.72. The molecule has 1 saturated heterocycles. The molecule has 0 radical (unpaired) electrons. The lowest BCUT2D eigenvalue weighted by molar-refractivity contribution is 0.0718. The van der Waals surface area contributed by atoms with Crippen LogP contribution in [0.4, 0.5) is 5.95 Å². The van der Waals surface area contributed by atoms with E-state index in [1.807, 2.05) is 36.1 Å². The van der Waals surface area contributed by atoms with Gasteiger partial charge in [0.2, 0.25) is 5.95 Å². The zero-order chi connectivity index (χ0) is 17.6. The number of carbonyl (C=O) groups excluding carboxylic acids is 1. The highest BCUT2D eigenvalue weighted by Gasteiger charge is 2.20. The minimum atomic E-state index is 0.00551. The van der Waals surface area contributed by atoms with Crippen molar-refractivity contribution in [2.45, 2.75) is 32.6 Å². The lowest BCUT2D eigenvalue weighted by Crippen LogP contribution is -2.36. The van der Waals surface area contributed by atoms with Gasteiger partial charge in [0.15, 0.2) is 0 Å². The molecule has 6 heteroatoms. The van der Waals surface area contributed by atoms with Crippen molar-refractivity contribution in [3.63, 3.8) is 0 Å². The summed E-state index contributed by atoms with van der Waals surface area (Å²) in [7, 11) is 0. The molecule has 3 rings (SSSR count). The quantitative estimate of drug-likeness (QED) is 0.885. The Morgan fingerprint density at radius 1 is 1.16 bits per heavy atom. The van der Waals surface area contributed by atoms with Crippen molar-refractivity contribution in [3.8, 4) is 0 Å². The molecule has 132 valence electrons. The third kappa shape index (κ3) is 4.92. The Kier molecular flexibility index (Phi) is 5.87. The van der Waals surface area contributed by atoms with E-state index in [0.717, 1.165) is 43.1 Å². The number of nitrogens with one attached hydrogen (secondary N) is 1. The second-order valence-electron chi connectivity index (χ2n) is 6.37. The van der Waals surface area contributed by atoms with E-state index in [-0.39, 0.29) is 5.91 Å². The van der Waals surface area contributed by atoms with Gasteiger partial charge in [0.1, 0.15) is 5.69 Å². The van der Waals surface area contributed by atoms with Crippen molar-refractivity contribution in [1.29, 1.82) is 0 Å². The van der Waals surface area contributed by atoms with Gasteiger partial charge in [-0.2, -0.15) is 0 Å². The van der Waals surface area contributed by atoms with Crippen molar-refractivity contribution in [2.24, 2.45) is 0 Å². The molecule has 0 spiro atoms. The van der Waals surface area contributed by atoms with Gasteiger partial charge in [-0.05, 0) is 56.4 Å². The molecule has 0 aliphatic carbocycles. The molecule has 0 bridgehead atoms. The molecule has 0 atom stereocenters. The third-order valence-electron chi connectivity index (χ3n) is 4.33. The Morgan fingerprint density at radius 2 is 1.88 bits per heavy atom. The Morgan fingerprint density at radius 3 is 2.60 bits per heavy atom. The smallest absolute Gasteiger partial charge is 0.272 e. The second-order valence-corrected chi connectivity index (χ2v) is 6.81. The number of piperidine rings is 1. The number of aromatic nitrogens is 2. The first-order valence-corrected chi connectivity index (χ1v) is 9.13. The summed E-state index contributed by atoms with van der Waals surface area (Å²) >= 11 is 5.90. The molecule has 0 saturated carbocycles. The number of hydrogen-bond acceptors (Lipinski definition) is 4. The summed E-state index contributed by atoms with van der Waals surface area (Å²) in [5.41, 5.74) is 2.46. The molecular formula is C19H23ClN4O. The van der Waals surface area contributed by atoms with Crippen LogP contribution in [-0.4, -0.2) is 40.4 Å². The monoisotopic (exact) mass is 358 g/mol. The van der Waals surface area contributed by atoms with Crippen LogP contribution in [0, 0.1) is 6.92 Å². The van der Waals surface area contributed by atoms with E-state index in [0.29, 0.717) is 18.2 Å². The Labute approximate surface area is 153 Å². The van der Waals surface area contributed by atoms with Crippen molar-refractivity contribution in [2.75, 3.05) is 25.0 Å². The number of aryl methyl sites for hydroxylation is 1. The van der Waals surface area contributed by atoms with E-state index in [9.17, 15) is 4.79 Å². The van der Waals surface area contributed by atoms with E-state index in [1.54, 1.807) is 6.07 Å². The van der Waals surface area contributed by atoms with Gasteiger partial charge in [-0.15, -0.1) is 0 Å². The maximum atomic E-state index is 12.6. The van der Waals surface area contributed by atoms with Gasteiger partial charge in [0, 0.05) is 30.4 Å².